The van der Waals surface area contributed by atoms with Gasteiger partial charge in [-0.2, -0.15) is 0 Å². The molecule has 3 rings (SSSR count). The zero-order chi connectivity index (χ0) is 16.1. The fourth-order valence-electron chi connectivity index (χ4n) is 2.49. The fraction of sp³-hybridized carbons (Fsp3) is 0.211. The molecule has 23 heavy (non-hydrogen) atoms. The molecule has 0 aliphatic rings. The van der Waals surface area contributed by atoms with Crippen LogP contribution >= 0.6 is 0 Å². The van der Waals surface area contributed by atoms with Gasteiger partial charge in [-0.3, -0.25) is 4.90 Å². The number of hydrogen-bond acceptors (Lipinski definition) is 4. The van der Waals surface area contributed by atoms with Crippen molar-refractivity contribution >= 4 is 0 Å². The summed E-state index contributed by atoms with van der Waals surface area (Å²) < 4.78 is 11.1. The van der Waals surface area contributed by atoms with Crippen LogP contribution in [0.15, 0.2) is 65.2 Å². The Bertz CT molecular complexity index is 753. The number of rotatable bonds is 6. The first-order chi connectivity index (χ1) is 11.2. The maximum Gasteiger partial charge on any atom is 0.209 e. The molecule has 0 atom stereocenters. The van der Waals surface area contributed by atoms with Gasteiger partial charge in [-0.25, -0.2) is 4.98 Å². The molecule has 1 aromatic heterocycles. The van der Waals surface area contributed by atoms with E-state index in [-0.39, 0.29) is 0 Å². The molecule has 0 radical (unpaired) electrons. The van der Waals surface area contributed by atoms with Crippen molar-refractivity contribution in [3.63, 3.8) is 0 Å². The lowest BCUT2D eigenvalue weighted by Gasteiger charge is -2.15. The first-order valence-corrected chi connectivity index (χ1v) is 7.56. The maximum atomic E-state index is 5.85. The molecule has 4 heteroatoms. The normalized spacial score (nSPS) is 10.9. The first-order valence-electron chi connectivity index (χ1n) is 7.56. The average Bonchev–Trinajstić information content (AvgIpc) is 3.04. The van der Waals surface area contributed by atoms with Gasteiger partial charge in [-0.1, -0.05) is 42.5 Å². The zero-order valence-corrected chi connectivity index (χ0v) is 13.4. The van der Waals surface area contributed by atoms with E-state index in [4.69, 9.17) is 9.15 Å². The Morgan fingerprint density at radius 1 is 1.04 bits per heavy atom. The third kappa shape index (κ3) is 3.99. The van der Waals surface area contributed by atoms with E-state index in [1.165, 1.54) is 5.56 Å². The summed E-state index contributed by atoms with van der Waals surface area (Å²) in [7, 11) is 3.73. The predicted octanol–water partition coefficient (Wildman–Crippen LogP) is 3.98. The molecule has 2 aromatic carbocycles. The number of nitrogens with zero attached hydrogens (tertiary/aromatic N) is 2. The Morgan fingerprint density at radius 3 is 2.65 bits per heavy atom. The lowest BCUT2D eigenvalue weighted by molar-refractivity contribution is 0.282. The van der Waals surface area contributed by atoms with E-state index >= 15 is 0 Å². The molecule has 0 unspecified atom stereocenters. The summed E-state index contributed by atoms with van der Waals surface area (Å²) in [6.45, 7) is 1.46. The number of oxazole rings is 1. The van der Waals surface area contributed by atoms with Crippen molar-refractivity contribution in [2.75, 3.05) is 14.2 Å². The highest BCUT2D eigenvalue weighted by Gasteiger charge is 2.09. The molecule has 118 valence electrons. The van der Waals surface area contributed by atoms with E-state index in [2.05, 4.69) is 16.0 Å². The summed E-state index contributed by atoms with van der Waals surface area (Å²) in [6.07, 6.45) is 1.78. The Balaban J connectivity index is 1.64. The molecule has 0 saturated heterocycles. The van der Waals surface area contributed by atoms with Crippen LogP contribution < -0.4 is 4.74 Å². The molecule has 0 fully saturated rings. The average molecular weight is 308 g/mol. The van der Waals surface area contributed by atoms with Gasteiger partial charge in [0.2, 0.25) is 5.89 Å². The fourth-order valence-corrected chi connectivity index (χ4v) is 2.49. The predicted molar refractivity (Wildman–Crippen MR) is 90.1 cm³/mol. The largest absolute Gasteiger partial charge is 0.497 e. The maximum absolute atomic E-state index is 5.85. The van der Waals surface area contributed by atoms with E-state index in [1.54, 1.807) is 13.3 Å². The minimum atomic E-state index is 0.657. The molecule has 0 aliphatic carbocycles. The molecular formula is C19H20N2O2. The van der Waals surface area contributed by atoms with Crippen LogP contribution in [0.2, 0.25) is 0 Å². The van der Waals surface area contributed by atoms with Gasteiger partial charge in [0.15, 0.2) is 5.76 Å². The van der Waals surface area contributed by atoms with Crippen molar-refractivity contribution in [2.24, 2.45) is 0 Å². The van der Waals surface area contributed by atoms with Crippen molar-refractivity contribution < 1.29 is 9.15 Å². The molecule has 0 aliphatic heterocycles. The number of methoxy groups -OCH3 is 1. The Hall–Kier alpha value is -2.59. The van der Waals surface area contributed by atoms with E-state index in [0.717, 1.165) is 23.6 Å². The van der Waals surface area contributed by atoms with Crippen molar-refractivity contribution in [1.29, 1.82) is 0 Å². The van der Waals surface area contributed by atoms with E-state index in [0.29, 0.717) is 12.4 Å². The molecule has 3 aromatic rings. The van der Waals surface area contributed by atoms with Crippen LogP contribution in [0.5, 0.6) is 5.75 Å². The molecule has 1 heterocycles. The van der Waals surface area contributed by atoms with E-state index in [9.17, 15) is 0 Å². The van der Waals surface area contributed by atoms with Crippen molar-refractivity contribution in [2.45, 2.75) is 13.1 Å². The highest BCUT2D eigenvalue weighted by atomic mass is 16.5. The molecular weight excluding hydrogens is 288 g/mol. The van der Waals surface area contributed by atoms with Gasteiger partial charge in [0, 0.05) is 12.1 Å². The smallest absolute Gasteiger partial charge is 0.209 e. The SMILES string of the molecule is COc1cccc(CN(C)Cc2ncc(-c3ccccc3)o2)c1. The van der Waals surface area contributed by atoms with Gasteiger partial charge in [0.05, 0.1) is 19.9 Å². The molecule has 0 amide bonds. The lowest BCUT2D eigenvalue weighted by atomic mass is 10.2. The Labute approximate surface area is 136 Å². The van der Waals surface area contributed by atoms with Crippen LogP contribution in [0.4, 0.5) is 0 Å². The van der Waals surface area contributed by atoms with Crippen LogP contribution in [0.25, 0.3) is 11.3 Å². The van der Waals surface area contributed by atoms with Crippen molar-refractivity contribution in [3.8, 4) is 17.1 Å². The summed E-state index contributed by atoms with van der Waals surface area (Å²) in [4.78, 5) is 6.54. The summed E-state index contributed by atoms with van der Waals surface area (Å²) >= 11 is 0. The van der Waals surface area contributed by atoms with Gasteiger partial charge in [0.1, 0.15) is 5.75 Å². The standard InChI is InChI=1S/C19H20N2O2/c1-21(13-15-7-6-10-17(11-15)22-2)14-19-20-12-18(23-19)16-8-4-3-5-9-16/h3-12H,13-14H2,1-2H3. The van der Waals surface area contributed by atoms with Crippen LogP contribution in [-0.2, 0) is 13.1 Å². The molecule has 0 N–H and O–H groups in total. The number of aromatic nitrogens is 1. The van der Waals surface area contributed by atoms with Crippen molar-refractivity contribution in [3.05, 3.63) is 72.2 Å². The zero-order valence-electron chi connectivity index (χ0n) is 13.4. The van der Waals surface area contributed by atoms with Crippen LogP contribution in [0, 0.1) is 0 Å². The second-order valence-electron chi connectivity index (χ2n) is 5.51. The Kier molecular flexibility index (Phi) is 4.74. The van der Waals surface area contributed by atoms with E-state index in [1.807, 2.05) is 55.6 Å². The minimum Gasteiger partial charge on any atom is -0.497 e. The summed E-state index contributed by atoms with van der Waals surface area (Å²) in [5, 5.41) is 0. The second-order valence-corrected chi connectivity index (χ2v) is 5.51. The number of benzene rings is 2. The highest BCUT2D eigenvalue weighted by molar-refractivity contribution is 5.55. The third-order valence-corrected chi connectivity index (χ3v) is 3.60. The quantitative estimate of drug-likeness (QED) is 0.690. The summed E-state index contributed by atoms with van der Waals surface area (Å²) in [6, 6.07) is 18.1. The minimum absolute atomic E-state index is 0.657. The number of hydrogen-bond donors (Lipinski definition) is 0. The summed E-state index contributed by atoms with van der Waals surface area (Å²) in [5.41, 5.74) is 2.24. The van der Waals surface area contributed by atoms with Gasteiger partial charge in [0.25, 0.3) is 0 Å². The monoisotopic (exact) mass is 308 g/mol. The van der Waals surface area contributed by atoms with Crippen LogP contribution in [0.3, 0.4) is 0 Å². The number of ether oxygens (including phenoxy) is 1. The third-order valence-electron chi connectivity index (χ3n) is 3.60. The van der Waals surface area contributed by atoms with E-state index < -0.39 is 0 Å². The van der Waals surface area contributed by atoms with Crippen LogP contribution in [-0.4, -0.2) is 24.0 Å². The van der Waals surface area contributed by atoms with Gasteiger partial charge < -0.3 is 9.15 Å². The molecule has 0 saturated carbocycles. The second kappa shape index (κ2) is 7.11. The molecule has 0 spiro atoms. The van der Waals surface area contributed by atoms with Crippen LogP contribution in [0.1, 0.15) is 11.5 Å². The first kappa shape index (κ1) is 15.3. The molecule has 0 bridgehead atoms. The topological polar surface area (TPSA) is 38.5 Å². The summed E-state index contributed by atoms with van der Waals surface area (Å²) in [5.74, 6) is 2.39. The van der Waals surface area contributed by atoms with Crippen molar-refractivity contribution in [1.82, 2.24) is 9.88 Å². The molecule has 4 nitrogen and oxygen atoms in total. The van der Waals surface area contributed by atoms with Gasteiger partial charge >= 0.3 is 0 Å². The van der Waals surface area contributed by atoms with Gasteiger partial charge in [-0.15, -0.1) is 0 Å². The van der Waals surface area contributed by atoms with Gasteiger partial charge in [-0.05, 0) is 24.7 Å². The Morgan fingerprint density at radius 2 is 1.87 bits per heavy atom. The lowest BCUT2D eigenvalue weighted by Crippen LogP contribution is -2.17. The highest BCUT2D eigenvalue weighted by Crippen LogP contribution is 2.21.